The first-order chi connectivity index (χ1) is 14.3. The second-order valence-electron chi connectivity index (χ2n) is 7.43. The number of piperazine rings is 1. The fraction of sp³-hybridized carbons (Fsp3) is 0.286. The van der Waals surface area contributed by atoms with Crippen molar-refractivity contribution in [1.82, 2.24) is 13.8 Å². The van der Waals surface area contributed by atoms with Crippen LogP contribution in [0.1, 0.15) is 5.56 Å². The summed E-state index contributed by atoms with van der Waals surface area (Å²) < 4.78 is 29.5. The lowest BCUT2D eigenvalue weighted by molar-refractivity contribution is 0.184. The number of hydrogen-bond acceptors (Lipinski definition) is 3. The Balaban J connectivity index is 1.44. The molecule has 2 aromatic carbocycles. The highest BCUT2D eigenvalue weighted by molar-refractivity contribution is 7.89. The molecular formula is C21H23ClN4O3S. The van der Waals surface area contributed by atoms with Crippen LogP contribution < -0.4 is 5.32 Å². The van der Waals surface area contributed by atoms with Gasteiger partial charge in [-0.15, -0.1) is 0 Å². The third-order valence-electron chi connectivity index (χ3n) is 5.46. The predicted molar refractivity (Wildman–Crippen MR) is 118 cm³/mol. The van der Waals surface area contributed by atoms with Crippen LogP contribution in [0.15, 0.2) is 53.6 Å². The summed E-state index contributed by atoms with van der Waals surface area (Å²) in [4.78, 5) is 14.5. The minimum Gasteiger partial charge on any atom is -0.351 e. The molecule has 1 saturated heterocycles. The van der Waals surface area contributed by atoms with Crippen LogP contribution in [0.4, 0.5) is 10.5 Å². The number of aryl methyl sites for hydroxylation is 2. The largest absolute Gasteiger partial charge is 0.351 e. The van der Waals surface area contributed by atoms with E-state index in [0.29, 0.717) is 23.8 Å². The van der Waals surface area contributed by atoms with Gasteiger partial charge in [0.25, 0.3) is 0 Å². The number of nitrogens with one attached hydrogen (secondary N) is 1. The van der Waals surface area contributed by atoms with Crippen molar-refractivity contribution in [3.8, 4) is 0 Å². The molecule has 2 amide bonds. The van der Waals surface area contributed by atoms with Gasteiger partial charge in [0.05, 0.1) is 4.90 Å². The van der Waals surface area contributed by atoms with Gasteiger partial charge in [-0.3, -0.25) is 0 Å². The van der Waals surface area contributed by atoms with Gasteiger partial charge in [-0.05, 0) is 48.9 Å². The Morgan fingerprint density at radius 2 is 1.77 bits per heavy atom. The number of aromatic nitrogens is 1. The van der Waals surface area contributed by atoms with Gasteiger partial charge >= 0.3 is 6.03 Å². The van der Waals surface area contributed by atoms with Crippen molar-refractivity contribution in [1.29, 1.82) is 0 Å². The number of sulfonamides is 1. The summed E-state index contributed by atoms with van der Waals surface area (Å²) in [5, 5.41) is 4.29. The first-order valence-corrected chi connectivity index (χ1v) is 11.4. The highest BCUT2D eigenvalue weighted by Gasteiger charge is 2.30. The lowest BCUT2D eigenvalue weighted by atomic mass is 10.2. The molecule has 1 aromatic heterocycles. The Morgan fingerprint density at radius 1 is 1.03 bits per heavy atom. The van der Waals surface area contributed by atoms with Crippen LogP contribution in [0, 0.1) is 6.92 Å². The summed E-state index contributed by atoms with van der Waals surface area (Å²) in [5.74, 6) is 0. The molecule has 0 radical (unpaired) electrons. The molecule has 0 aliphatic carbocycles. The van der Waals surface area contributed by atoms with Crippen molar-refractivity contribution in [3.05, 3.63) is 59.2 Å². The first-order valence-electron chi connectivity index (χ1n) is 9.63. The van der Waals surface area contributed by atoms with E-state index in [1.807, 2.05) is 42.9 Å². The van der Waals surface area contributed by atoms with Crippen LogP contribution in [0.3, 0.4) is 0 Å². The highest BCUT2D eigenvalue weighted by atomic mass is 35.5. The average Bonchev–Trinajstić information content (AvgIpc) is 3.11. The maximum absolute atomic E-state index is 13.1. The highest BCUT2D eigenvalue weighted by Crippen LogP contribution is 2.24. The fourth-order valence-corrected chi connectivity index (χ4v) is 5.25. The number of anilines is 1. The van der Waals surface area contributed by atoms with Crippen LogP contribution in [0.25, 0.3) is 10.9 Å². The Morgan fingerprint density at radius 3 is 2.50 bits per heavy atom. The van der Waals surface area contributed by atoms with E-state index in [4.69, 9.17) is 11.6 Å². The molecule has 1 fully saturated rings. The van der Waals surface area contributed by atoms with E-state index in [2.05, 4.69) is 5.32 Å². The summed E-state index contributed by atoms with van der Waals surface area (Å²) in [7, 11) is -1.69. The van der Waals surface area contributed by atoms with E-state index < -0.39 is 10.0 Å². The molecule has 2 heterocycles. The lowest BCUT2D eigenvalue weighted by Crippen LogP contribution is -2.51. The molecule has 3 aromatic rings. The van der Waals surface area contributed by atoms with E-state index in [1.54, 1.807) is 29.2 Å². The minimum absolute atomic E-state index is 0.247. The number of fused-ring (bicyclic) bond motifs is 1. The zero-order valence-electron chi connectivity index (χ0n) is 16.8. The molecule has 1 N–H and O–H groups in total. The molecule has 0 bridgehead atoms. The van der Waals surface area contributed by atoms with E-state index in [0.717, 1.165) is 16.5 Å². The van der Waals surface area contributed by atoms with E-state index in [9.17, 15) is 13.2 Å². The number of halogens is 1. The smallest absolute Gasteiger partial charge is 0.321 e. The van der Waals surface area contributed by atoms with E-state index >= 15 is 0 Å². The van der Waals surface area contributed by atoms with Crippen molar-refractivity contribution in [2.45, 2.75) is 11.8 Å². The average molecular weight is 447 g/mol. The number of urea groups is 1. The van der Waals surface area contributed by atoms with Gasteiger partial charge in [-0.25, -0.2) is 13.2 Å². The van der Waals surface area contributed by atoms with Gasteiger partial charge in [-0.1, -0.05) is 17.7 Å². The van der Waals surface area contributed by atoms with Crippen molar-refractivity contribution in [3.63, 3.8) is 0 Å². The monoisotopic (exact) mass is 446 g/mol. The Hall–Kier alpha value is -2.55. The number of amides is 2. The summed E-state index contributed by atoms with van der Waals surface area (Å²) in [5.41, 5.74) is 2.54. The second-order valence-corrected chi connectivity index (χ2v) is 9.80. The Kier molecular flexibility index (Phi) is 5.48. The standard InChI is InChI=1S/C21H23ClN4O3S/c1-15-3-4-17(22)14-19(15)23-21(27)25-9-11-26(12-10-25)30(28,29)18-5-6-20-16(13-18)7-8-24(20)2/h3-8,13-14H,9-12H2,1-2H3,(H,23,27). The quantitative estimate of drug-likeness (QED) is 0.666. The molecule has 0 atom stereocenters. The van der Waals surface area contributed by atoms with Crippen LogP contribution in [0.5, 0.6) is 0 Å². The van der Waals surface area contributed by atoms with E-state index in [1.165, 1.54) is 4.31 Å². The Labute approximate surface area is 180 Å². The van der Waals surface area contributed by atoms with Crippen molar-refractivity contribution in [2.75, 3.05) is 31.5 Å². The normalized spacial score (nSPS) is 15.5. The maximum Gasteiger partial charge on any atom is 0.321 e. The number of carbonyl (C=O) groups is 1. The third-order valence-corrected chi connectivity index (χ3v) is 7.59. The maximum atomic E-state index is 13.1. The van der Waals surface area contributed by atoms with Crippen molar-refractivity contribution in [2.24, 2.45) is 7.05 Å². The summed E-state index contributed by atoms with van der Waals surface area (Å²) >= 11 is 6.01. The van der Waals surface area contributed by atoms with Crippen LogP contribution >= 0.6 is 11.6 Å². The molecule has 0 spiro atoms. The second kappa shape index (κ2) is 7.94. The summed E-state index contributed by atoms with van der Waals surface area (Å²) in [6.45, 7) is 3.02. The van der Waals surface area contributed by atoms with Crippen molar-refractivity contribution >= 4 is 44.2 Å². The third kappa shape index (κ3) is 3.90. The van der Waals surface area contributed by atoms with Gasteiger partial charge in [0.1, 0.15) is 0 Å². The fourth-order valence-electron chi connectivity index (χ4n) is 3.62. The predicted octanol–water partition coefficient (Wildman–Crippen LogP) is 3.68. The molecule has 158 valence electrons. The van der Waals surface area contributed by atoms with Gasteiger partial charge in [0.15, 0.2) is 0 Å². The Bertz CT molecular complexity index is 1210. The number of nitrogens with zero attached hydrogens (tertiary/aromatic N) is 3. The number of carbonyl (C=O) groups excluding carboxylic acids is 1. The van der Waals surface area contributed by atoms with Gasteiger partial charge in [0.2, 0.25) is 10.0 Å². The number of benzene rings is 2. The molecule has 7 nitrogen and oxygen atoms in total. The number of hydrogen-bond donors (Lipinski definition) is 1. The van der Waals surface area contributed by atoms with Gasteiger partial charge < -0.3 is 14.8 Å². The van der Waals surface area contributed by atoms with Gasteiger partial charge in [-0.2, -0.15) is 4.31 Å². The van der Waals surface area contributed by atoms with Gasteiger partial charge in [0, 0.05) is 61.0 Å². The zero-order valence-corrected chi connectivity index (χ0v) is 18.4. The molecule has 4 rings (SSSR count). The topological polar surface area (TPSA) is 74.7 Å². The first kappa shape index (κ1) is 20.7. The van der Waals surface area contributed by atoms with Crippen LogP contribution in [0.2, 0.25) is 5.02 Å². The molecular weight excluding hydrogens is 424 g/mol. The SMILES string of the molecule is Cc1ccc(Cl)cc1NC(=O)N1CCN(S(=O)(=O)c2ccc3c(ccn3C)c2)CC1. The molecule has 0 saturated carbocycles. The van der Waals surface area contributed by atoms with Crippen molar-refractivity contribution < 1.29 is 13.2 Å². The summed E-state index contributed by atoms with van der Waals surface area (Å²) in [6.07, 6.45) is 1.90. The molecule has 30 heavy (non-hydrogen) atoms. The molecule has 9 heteroatoms. The number of rotatable bonds is 3. The summed E-state index contributed by atoms with van der Waals surface area (Å²) in [6, 6.07) is 12.1. The zero-order chi connectivity index (χ0) is 21.5. The lowest BCUT2D eigenvalue weighted by Gasteiger charge is -2.34. The molecule has 1 aliphatic rings. The minimum atomic E-state index is -3.62. The van der Waals surface area contributed by atoms with Crippen LogP contribution in [-0.2, 0) is 17.1 Å². The van der Waals surface area contributed by atoms with Crippen LogP contribution in [-0.4, -0.2) is 54.4 Å². The molecule has 0 unspecified atom stereocenters. The van der Waals surface area contributed by atoms with E-state index in [-0.39, 0.29) is 24.0 Å². The molecule has 1 aliphatic heterocycles.